The average Bonchev–Trinajstić information content (AvgIpc) is 3.28. The van der Waals surface area contributed by atoms with Crippen LogP contribution >= 0.6 is 22.9 Å². The van der Waals surface area contributed by atoms with Gasteiger partial charge in [-0.15, -0.1) is 11.3 Å². The zero-order chi connectivity index (χ0) is 17.6. The second kappa shape index (κ2) is 8.18. The summed E-state index contributed by atoms with van der Waals surface area (Å²) in [6.07, 6.45) is 0.719. The Hall–Kier alpha value is -2.31. The number of aromatic amines is 1. The first-order valence-electron chi connectivity index (χ1n) is 7.86. The third-order valence-electron chi connectivity index (χ3n) is 3.63. The summed E-state index contributed by atoms with van der Waals surface area (Å²) in [6, 6.07) is 13.0. The van der Waals surface area contributed by atoms with E-state index in [9.17, 15) is 4.79 Å². The molecule has 0 saturated heterocycles. The first-order chi connectivity index (χ1) is 12.1. The van der Waals surface area contributed by atoms with Crippen LogP contribution in [0.2, 0.25) is 5.02 Å². The lowest BCUT2D eigenvalue weighted by Crippen LogP contribution is -2.29. The van der Waals surface area contributed by atoms with Crippen LogP contribution < -0.4 is 4.74 Å². The molecular formula is C18H18ClN3O2S. The molecule has 0 aliphatic heterocycles. The number of nitrogens with one attached hydrogen (secondary N) is 1. The predicted octanol–water partition coefficient (Wildman–Crippen LogP) is 4.33. The minimum Gasteiger partial charge on any atom is -0.493 e. The second-order valence-electron chi connectivity index (χ2n) is 5.53. The van der Waals surface area contributed by atoms with E-state index in [0.29, 0.717) is 23.9 Å². The number of hydrogen-bond acceptors (Lipinski definition) is 4. The third-order valence-corrected chi connectivity index (χ3v) is 4.77. The Morgan fingerprint density at radius 1 is 1.32 bits per heavy atom. The Morgan fingerprint density at radius 3 is 2.96 bits per heavy atom. The lowest BCUT2D eigenvalue weighted by Gasteiger charge is -2.15. The lowest BCUT2D eigenvalue weighted by molar-refractivity contribution is 0.0782. The number of carbonyl (C=O) groups excluding carboxylic acids is 1. The van der Waals surface area contributed by atoms with Gasteiger partial charge in [-0.2, -0.15) is 5.10 Å². The van der Waals surface area contributed by atoms with Gasteiger partial charge in [0.2, 0.25) is 0 Å². The van der Waals surface area contributed by atoms with Gasteiger partial charge in [0, 0.05) is 18.6 Å². The average molecular weight is 376 g/mol. The second-order valence-corrected chi connectivity index (χ2v) is 6.91. The molecule has 2 heterocycles. The maximum Gasteiger partial charge on any atom is 0.274 e. The van der Waals surface area contributed by atoms with Gasteiger partial charge in [-0.3, -0.25) is 9.89 Å². The molecule has 3 aromatic rings. The van der Waals surface area contributed by atoms with E-state index in [-0.39, 0.29) is 5.91 Å². The molecular weight excluding hydrogens is 358 g/mol. The van der Waals surface area contributed by atoms with Crippen LogP contribution in [0.5, 0.6) is 5.75 Å². The molecule has 3 rings (SSSR count). The standard InChI is InChI=1S/C18H18ClN3O2S/c1-22(8-4-9-24-14-6-2-5-13(19)11-14)18(23)16-12-15(20-21-16)17-7-3-10-25-17/h2-3,5-7,10-12H,4,8-9H2,1H3,(H,20,21). The fourth-order valence-electron chi connectivity index (χ4n) is 2.33. The quantitative estimate of drug-likeness (QED) is 0.625. The first kappa shape index (κ1) is 17.5. The number of aromatic nitrogens is 2. The Bertz CT molecular complexity index is 832. The lowest BCUT2D eigenvalue weighted by atomic mass is 10.3. The molecule has 0 bridgehead atoms. The molecule has 0 fully saturated rings. The van der Waals surface area contributed by atoms with Crippen molar-refractivity contribution in [2.75, 3.05) is 20.2 Å². The summed E-state index contributed by atoms with van der Waals surface area (Å²) in [4.78, 5) is 15.1. The van der Waals surface area contributed by atoms with E-state index in [4.69, 9.17) is 16.3 Å². The van der Waals surface area contributed by atoms with Crippen LogP contribution in [0.15, 0.2) is 47.8 Å². The van der Waals surface area contributed by atoms with Crippen LogP contribution in [-0.4, -0.2) is 41.2 Å². The van der Waals surface area contributed by atoms with Crippen molar-refractivity contribution in [2.24, 2.45) is 0 Å². The van der Waals surface area contributed by atoms with Crippen molar-refractivity contribution in [3.8, 4) is 16.3 Å². The smallest absolute Gasteiger partial charge is 0.274 e. The van der Waals surface area contributed by atoms with E-state index >= 15 is 0 Å². The van der Waals surface area contributed by atoms with Crippen molar-refractivity contribution in [3.63, 3.8) is 0 Å². The van der Waals surface area contributed by atoms with Crippen molar-refractivity contribution in [2.45, 2.75) is 6.42 Å². The van der Waals surface area contributed by atoms with E-state index < -0.39 is 0 Å². The highest BCUT2D eigenvalue weighted by molar-refractivity contribution is 7.13. The highest BCUT2D eigenvalue weighted by Crippen LogP contribution is 2.23. The van der Waals surface area contributed by atoms with Gasteiger partial charge in [0.25, 0.3) is 5.91 Å². The number of hydrogen-bond donors (Lipinski definition) is 1. The normalized spacial score (nSPS) is 10.6. The van der Waals surface area contributed by atoms with Gasteiger partial charge in [0.1, 0.15) is 5.75 Å². The number of ether oxygens (including phenoxy) is 1. The molecule has 0 atom stereocenters. The number of thiophene rings is 1. The summed E-state index contributed by atoms with van der Waals surface area (Å²) in [5.41, 5.74) is 1.28. The van der Waals surface area contributed by atoms with E-state index in [1.165, 1.54) is 0 Å². The predicted molar refractivity (Wildman–Crippen MR) is 100 cm³/mol. The number of carbonyl (C=O) groups is 1. The minimum atomic E-state index is -0.109. The largest absolute Gasteiger partial charge is 0.493 e. The van der Waals surface area contributed by atoms with Crippen LogP contribution in [0.4, 0.5) is 0 Å². The number of nitrogens with zero attached hydrogens (tertiary/aromatic N) is 2. The molecule has 0 radical (unpaired) electrons. The Kier molecular flexibility index (Phi) is 5.73. The third kappa shape index (κ3) is 4.61. The van der Waals surface area contributed by atoms with Gasteiger partial charge in [-0.1, -0.05) is 23.7 Å². The number of H-pyrrole nitrogens is 1. The number of halogens is 1. The fraction of sp³-hybridized carbons (Fsp3) is 0.222. The molecule has 130 valence electrons. The maximum absolute atomic E-state index is 12.4. The summed E-state index contributed by atoms with van der Waals surface area (Å²) < 4.78 is 5.63. The Balaban J connectivity index is 1.48. The van der Waals surface area contributed by atoms with Crippen molar-refractivity contribution >= 4 is 28.8 Å². The van der Waals surface area contributed by atoms with Crippen LogP contribution in [0.3, 0.4) is 0 Å². The fourth-order valence-corrected chi connectivity index (χ4v) is 3.21. The first-order valence-corrected chi connectivity index (χ1v) is 9.12. The number of benzene rings is 1. The molecule has 0 aliphatic carbocycles. The topological polar surface area (TPSA) is 58.2 Å². The van der Waals surface area contributed by atoms with Gasteiger partial charge in [-0.05, 0) is 42.1 Å². The number of amides is 1. The summed E-state index contributed by atoms with van der Waals surface area (Å²) in [7, 11) is 1.77. The molecule has 0 unspecified atom stereocenters. The Labute approximate surface area is 155 Å². The van der Waals surface area contributed by atoms with E-state index in [1.807, 2.05) is 29.6 Å². The maximum atomic E-state index is 12.4. The molecule has 5 nitrogen and oxygen atoms in total. The molecule has 0 saturated carbocycles. The summed E-state index contributed by atoms with van der Waals surface area (Å²) in [5.74, 6) is 0.621. The van der Waals surface area contributed by atoms with E-state index in [2.05, 4.69) is 10.2 Å². The summed E-state index contributed by atoms with van der Waals surface area (Å²) >= 11 is 7.52. The molecule has 0 spiro atoms. The zero-order valence-electron chi connectivity index (χ0n) is 13.7. The van der Waals surface area contributed by atoms with E-state index in [0.717, 1.165) is 22.7 Å². The monoisotopic (exact) mass is 375 g/mol. The highest BCUT2D eigenvalue weighted by Gasteiger charge is 2.16. The molecule has 1 N–H and O–H groups in total. The van der Waals surface area contributed by atoms with Crippen molar-refractivity contribution in [3.05, 3.63) is 58.6 Å². The van der Waals surface area contributed by atoms with Crippen molar-refractivity contribution in [1.29, 1.82) is 0 Å². The van der Waals surface area contributed by atoms with Gasteiger partial charge in [0.05, 0.1) is 17.2 Å². The van der Waals surface area contributed by atoms with Gasteiger partial charge in [0.15, 0.2) is 5.69 Å². The summed E-state index contributed by atoms with van der Waals surface area (Å²) in [5, 5.41) is 9.67. The molecule has 1 aromatic carbocycles. The SMILES string of the molecule is CN(CCCOc1cccc(Cl)c1)C(=O)c1cc(-c2cccs2)[nH]n1. The molecule has 1 amide bonds. The zero-order valence-corrected chi connectivity index (χ0v) is 15.3. The Morgan fingerprint density at radius 2 is 2.20 bits per heavy atom. The van der Waals surface area contributed by atoms with Crippen LogP contribution in [0.25, 0.3) is 10.6 Å². The van der Waals surface area contributed by atoms with Crippen molar-refractivity contribution < 1.29 is 9.53 Å². The summed E-state index contributed by atoms with van der Waals surface area (Å²) in [6.45, 7) is 1.10. The minimum absolute atomic E-state index is 0.109. The van der Waals surface area contributed by atoms with Gasteiger partial charge >= 0.3 is 0 Å². The molecule has 25 heavy (non-hydrogen) atoms. The van der Waals surface area contributed by atoms with Crippen LogP contribution in [0, 0.1) is 0 Å². The van der Waals surface area contributed by atoms with Crippen LogP contribution in [0.1, 0.15) is 16.9 Å². The molecule has 0 aliphatic rings. The van der Waals surface area contributed by atoms with E-state index in [1.54, 1.807) is 41.5 Å². The highest BCUT2D eigenvalue weighted by atomic mass is 35.5. The number of rotatable bonds is 7. The van der Waals surface area contributed by atoms with Gasteiger partial charge < -0.3 is 9.64 Å². The van der Waals surface area contributed by atoms with Crippen LogP contribution in [-0.2, 0) is 0 Å². The van der Waals surface area contributed by atoms with Gasteiger partial charge in [-0.25, -0.2) is 0 Å². The van der Waals surface area contributed by atoms with Crippen molar-refractivity contribution in [1.82, 2.24) is 15.1 Å². The molecule has 7 heteroatoms. The molecule has 2 aromatic heterocycles.